The van der Waals surface area contributed by atoms with Gasteiger partial charge in [0.1, 0.15) is 11.9 Å². The molecule has 2 saturated heterocycles. The van der Waals surface area contributed by atoms with Crippen LogP contribution in [0.15, 0.2) is 28.8 Å². The van der Waals surface area contributed by atoms with E-state index in [4.69, 9.17) is 9.26 Å². The largest absolute Gasteiger partial charge is 0.494 e. The number of rotatable bonds is 9. The fourth-order valence-electron chi connectivity index (χ4n) is 5.24. The van der Waals surface area contributed by atoms with E-state index < -0.39 is 6.17 Å². The summed E-state index contributed by atoms with van der Waals surface area (Å²) in [5.41, 5.74) is 0.939. The third-order valence-electron chi connectivity index (χ3n) is 7.57. The van der Waals surface area contributed by atoms with Crippen molar-refractivity contribution in [2.24, 2.45) is 17.8 Å². The Labute approximate surface area is 200 Å². The van der Waals surface area contributed by atoms with Crippen LogP contribution in [0.3, 0.4) is 0 Å². The number of carbonyl (C=O) groups excluding carboxylic acids is 1. The summed E-state index contributed by atoms with van der Waals surface area (Å²) in [6, 6.07) is 8.40. The van der Waals surface area contributed by atoms with Crippen molar-refractivity contribution in [3.05, 3.63) is 35.7 Å². The van der Waals surface area contributed by atoms with Crippen LogP contribution in [0, 0.1) is 17.8 Å². The molecule has 1 aliphatic carbocycles. The standard InChI is InChI=1S/C26H35FN4O3/c1-17(2)25-28-26(34-29-25)30-10-7-19(8-11-30)23-14-20(23)9-12-33-22-5-3-18(4-6-22)13-24(32)31-15-21(27)16-31/h3-6,17,19-21,23H,7-16H2,1-2H3/t20-,23?/m1/s1. The van der Waals surface area contributed by atoms with Crippen LogP contribution in [-0.2, 0) is 11.2 Å². The number of aromatic nitrogens is 2. The molecule has 0 bridgehead atoms. The van der Waals surface area contributed by atoms with Crippen LogP contribution in [0.5, 0.6) is 5.75 Å². The van der Waals surface area contributed by atoms with Gasteiger partial charge in [0, 0.05) is 19.0 Å². The van der Waals surface area contributed by atoms with E-state index in [1.807, 2.05) is 24.3 Å². The third kappa shape index (κ3) is 5.36. The molecule has 2 aromatic rings. The predicted octanol–water partition coefficient (Wildman–Crippen LogP) is 4.24. The fourth-order valence-corrected chi connectivity index (χ4v) is 5.24. The molecule has 1 unspecified atom stereocenters. The van der Waals surface area contributed by atoms with Crippen molar-refractivity contribution in [2.45, 2.75) is 58.0 Å². The second-order valence-electron chi connectivity index (χ2n) is 10.4. The second-order valence-corrected chi connectivity index (χ2v) is 10.4. The van der Waals surface area contributed by atoms with Gasteiger partial charge in [-0.15, -0.1) is 0 Å². The molecule has 3 heterocycles. The van der Waals surface area contributed by atoms with Crippen molar-refractivity contribution in [3.8, 4) is 5.75 Å². The van der Waals surface area contributed by atoms with Crippen molar-refractivity contribution in [1.82, 2.24) is 15.0 Å². The molecule has 184 valence electrons. The molecule has 1 aromatic heterocycles. The van der Waals surface area contributed by atoms with Crippen LogP contribution in [-0.4, -0.2) is 59.9 Å². The monoisotopic (exact) mass is 470 g/mol. The number of ether oxygens (including phenoxy) is 1. The fraction of sp³-hybridized carbons (Fsp3) is 0.654. The molecule has 1 aromatic carbocycles. The van der Waals surface area contributed by atoms with Gasteiger partial charge in [-0.3, -0.25) is 4.79 Å². The highest BCUT2D eigenvalue weighted by atomic mass is 19.1. The van der Waals surface area contributed by atoms with Crippen LogP contribution in [0.4, 0.5) is 10.4 Å². The van der Waals surface area contributed by atoms with E-state index in [-0.39, 0.29) is 24.9 Å². The van der Waals surface area contributed by atoms with E-state index >= 15 is 0 Å². The number of carbonyl (C=O) groups is 1. The molecule has 1 saturated carbocycles. The third-order valence-corrected chi connectivity index (χ3v) is 7.57. The number of amides is 1. The van der Waals surface area contributed by atoms with Crippen LogP contribution in [0.25, 0.3) is 0 Å². The molecule has 7 nitrogen and oxygen atoms in total. The summed E-state index contributed by atoms with van der Waals surface area (Å²) >= 11 is 0. The minimum Gasteiger partial charge on any atom is -0.494 e. The Hall–Kier alpha value is -2.64. The van der Waals surface area contributed by atoms with E-state index in [1.165, 1.54) is 19.3 Å². The summed E-state index contributed by atoms with van der Waals surface area (Å²) in [6.07, 6.45) is 4.24. The zero-order valence-electron chi connectivity index (χ0n) is 20.2. The van der Waals surface area contributed by atoms with Gasteiger partial charge in [-0.05, 0) is 61.1 Å². The van der Waals surface area contributed by atoms with Crippen molar-refractivity contribution >= 4 is 11.9 Å². The maximum Gasteiger partial charge on any atom is 0.324 e. The Kier molecular flexibility index (Phi) is 6.75. The number of benzene rings is 1. The smallest absolute Gasteiger partial charge is 0.324 e. The highest BCUT2D eigenvalue weighted by Crippen LogP contribution is 2.50. The molecule has 3 aliphatic rings. The molecule has 3 fully saturated rings. The van der Waals surface area contributed by atoms with Gasteiger partial charge in [0.2, 0.25) is 5.91 Å². The van der Waals surface area contributed by atoms with Gasteiger partial charge >= 0.3 is 6.01 Å². The van der Waals surface area contributed by atoms with Crippen LogP contribution in [0.1, 0.15) is 56.8 Å². The summed E-state index contributed by atoms with van der Waals surface area (Å²) in [5, 5.41) is 4.09. The molecular formula is C26H35FN4O3. The number of halogens is 1. The summed E-state index contributed by atoms with van der Waals surface area (Å²) < 4.78 is 24.3. The lowest BCUT2D eigenvalue weighted by Gasteiger charge is -2.34. The minimum atomic E-state index is -0.853. The number of anilines is 1. The molecule has 5 rings (SSSR count). The molecular weight excluding hydrogens is 435 g/mol. The average Bonchev–Trinajstić information content (AvgIpc) is 3.40. The maximum absolute atomic E-state index is 12.9. The number of hydrogen-bond acceptors (Lipinski definition) is 6. The Morgan fingerprint density at radius 1 is 1.21 bits per heavy atom. The first kappa shape index (κ1) is 23.1. The lowest BCUT2D eigenvalue weighted by atomic mass is 9.90. The van der Waals surface area contributed by atoms with Gasteiger partial charge in [-0.1, -0.05) is 31.1 Å². The first-order valence-electron chi connectivity index (χ1n) is 12.7. The van der Waals surface area contributed by atoms with Gasteiger partial charge in [0.25, 0.3) is 0 Å². The first-order valence-corrected chi connectivity index (χ1v) is 12.7. The van der Waals surface area contributed by atoms with E-state index in [0.29, 0.717) is 12.4 Å². The molecule has 0 N–H and O–H groups in total. The van der Waals surface area contributed by atoms with Gasteiger partial charge < -0.3 is 19.1 Å². The number of alkyl halides is 1. The number of piperidine rings is 1. The number of hydrogen-bond donors (Lipinski definition) is 0. The lowest BCUT2D eigenvalue weighted by Crippen LogP contribution is -2.51. The van der Waals surface area contributed by atoms with Crippen LogP contribution < -0.4 is 9.64 Å². The Morgan fingerprint density at radius 2 is 1.94 bits per heavy atom. The summed E-state index contributed by atoms with van der Waals surface area (Å²) in [7, 11) is 0. The molecule has 0 radical (unpaired) electrons. The van der Waals surface area contributed by atoms with Crippen molar-refractivity contribution in [2.75, 3.05) is 37.7 Å². The van der Waals surface area contributed by atoms with Gasteiger partial charge in [0.15, 0.2) is 5.82 Å². The minimum absolute atomic E-state index is 0.00873. The Morgan fingerprint density at radius 3 is 2.59 bits per heavy atom. The Balaban J connectivity index is 0.988. The molecule has 2 atom stereocenters. The van der Waals surface area contributed by atoms with Crippen molar-refractivity contribution in [3.63, 3.8) is 0 Å². The SMILES string of the molecule is CC(C)c1noc(N2CCC(C3C[C@H]3CCOc3ccc(CC(=O)N4CC(F)C4)cc3)CC2)n1. The van der Waals surface area contributed by atoms with E-state index in [0.717, 1.165) is 61.0 Å². The second kappa shape index (κ2) is 9.92. The van der Waals surface area contributed by atoms with Crippen molar-refractivity contribution < 1.29 is 18.4 Å². The highest BCUT2D eigenvalue weighted by Gasteiger charge is 2.43. The molecule has 34 heavy (non-hydrogen) atoms. The zero-order valence-corrected chi connectivity index (χ0v) is 20.2. The molecule has 1 amide bonds. The number of nitrogens with zero attached hydrogens (tertiary/aromatic N) is 4. The van der Waals surface area contributed by atoms with Crippen molar-refractivity contribution in [1.29, 1.82) is 0 Å². The summed E-state index contributed by atoms with van der Waals surface area (Å²) in [6.45, 7) is 7.33. The van der Waals surface area contributed by atoms with E-state index in [9.17, 15) is 9.18 Å². The molecule has 8 heteroatoms. The summed E-state index contributed by atoms with van der Waals surface area (Å²) in [4.78, 5) is 20.4. The predicted molar refractivity (Wildman–Crippen MR) is 127 cm³/mol. The van der Waals surface area contributed by atoms with Crippen LogP contribution in [0.2, 0.25) is 0 Å². The molecule has 0 spiro atoms. The Bertz CT molecular complexity index is 965. The average molecular weight is 471 g/mol. The zero-order chi connectivity index (χ0) is 23.7. The highest BCUT2D eigenvalue weighted by molar-refractivity contribution is 5.79. The lowest BCUT2D eigenvalue weighted by molar-refractivity contribution is -0.137. The summed E-state index contributed by atoms with van der Waals surface area (Å²) in [5.74, 6) is 4.27. The molecule has 2 aliphatic heterocycles. The van der Waals surface area contributed by atoms with E-state index in [1.54, 1.807) is 4.90 Å². The maximum atomic E-state index is 12.9. The topological polar surface area (TPSA) is 71.7 Å². The van der Waals surface area contributed by atoms with E-state index in [2.05, 4.69) is 28.9 Å². The van der Waals surface area contributed by atoms with Crippen LogP contribution >= 0.6 is 0 Å². The van der Waals surface area contributed by atoms with Gasteiger partial charge in [0.05, 0.1) is 26.1 Å². The van der Waals surface area contributed by atoms with Gasteiger partial charge in [-0.2, -0.15) is 4.98 Å². The first-order chi connectivity index (χ1) is 16.5. The quantitative estimate of drug-likeness (QED) is 0.546. The van der Waals surface area contributed by atoms with Gasteiger partial charge in [-0.25, -0.2) is 4.39 Å². The normalized spacial score (nSPS) is 23.3. The number of likely N-dealkylation sites (tertiary alicyclic amines) is 1.